The summed E-state index contributed by atoms with van der Waals surface area (Å²) in [6, 6.07) is 6.26. The summed E-state index contributed by atoms with van der Waals surface area (Å²) in [6.45, 7) is 0. The van der Waals surface area contributed by atoms with Crippen molar-refractivity contribution in [2.45, 2.75) is 31.5 Å². The fraction of sp³-hybridized carbons (Fsp3) is 0.333. The molecule has 0 amide bonds. The Balaban J connectivity index is 0.000000318. The second-order valence-electron chi connectivity index (χ2n) is 6.62. The fourth-order valence-corrected chi connectivity index (χ4v) is 3.02. The zero-order valence-corrected chi connectivity index (χ0v) is 15.3. The third-order valence-electron chi connectivity index (χ3n) is 4.72. The van der Waals surface area contributed by atoms with Crippen LogP contribution in [0.1, 0.15) is 25.3 Å². The van der Waals surface area contributed by atoms with Crippen molar-refractivity contribution < 1.29 is 23.1 Å². The maximum absolute atomic E-state index is 10.6. The number of rotatable bonds is 4. The van der Waals surface area contributed by atoms with Gasteiger partial charge in [-0.15, -0.1) is 0 Å². The van der Waals surface area contributed by atoms with Gasteiger partial charge in [-0.3, -0.25) is 4.68 Å². The predicted molar refractivity (Wildman–Crippen MR) is 95.3 cm³/mol. The number of nitrogens with one attached hydrogen (secondary N) is 1. The minimum absolute atomic E-state index is 0.213. The molecule has 1 aliphatic carbocycles. The summed E-state index contributed by atoms with van der Waals surface area (Å²) in [4.78, 5) is 20.5. The van der Waals surface area contributed by atoms with Gasteiger partial charge in [0.25, 0.3) is 0 Å². The molecule has 1 saturated carbocycles. The Morgan fingerprint density at radius 2 is 2.07 bits per heavy atom. The summed E-state index contributed by atoms with van der Waals surface area (Å²) in [5.41, 5.74) is 1.97. The van der Waals surface area contributed by atoms with Crippen LogP contribution in [0.5, 0.6) is 0 Å². The Kier molecular flexibility index (Phi) is 5.43. The Labute approximate surface area is 167 Å². The maximum Gasteiger partial charge on any atom is 0.490 e. The number of alkyl halides is 3. The molecule has 4 rings (SSSR count). The van der Waals surface area contributed by atoms with Gasteiger partial charge in [0.05, 0.1) is 41.9 Å². The lowest BCUT2D eigenvalue weighted by Gasteiger charge is -2.18. The molecule has 0 spiro atoms. The van der Waals surface area contributed by atoms with E-state index in [1.54, 1.807) is 10.9 Å². The number of aromatic amines is 1. The van der Waals surface area contributed by atoms with E-state index >= 15 is 0 Å². The first-order valence-electron chi connectivity index (χ1n) is 8.63. The van der Waals surface area contributed by atoms with Gasteiger partial charge >= 0.3 is 12.1 Å². The first-order chi connectivity index (χ1) is 14.2. The molecule has 0 radical (unpaired) electrons. The van der Waals surface area contributed by atoms with Crippen LogP contribution >= 0.6 is 0 Å². The number of carbonyl (C=O) groups is 1. The van der Waals surface area contributed by atoms with Crippen LogP contribution in [0.15, 0.2) is 31.0 Å². The van der Waals surface area contributed by atoms with Crippen LogP contribution in [0, 0.1) is 28.1 Å². The number of hydrogen-bond donors (Lipinski definition) is 2. The molecule has 12 heteroatoms. The largest absolute Gasteiger partial charge is 0.490 e. The molecule has 3 aromatic rings. The van der Waals surface area contributed by atoms with Gasteiger partial charge < -0.3 is 10.1 Å². The minimum atomic E-state index is -5.08. The SMILES string of the molecule is N#CCC(n1cc(-c2ncnc3[nH]ccc23)cn1)C1(C#N)CC1.O=C(O)C(F)(F)F. The molecule has 154 valence electrons. The van der Waals surface area contributed by atoms with Gasteiger partial charge in [0, 0.05) is 23.3 Å². The van der Waals surface area contributed by atoms with Crippen LogP contribution in [-0.4, -0.2) is 42.0 Å². The number of nitriles is 2. The molecule has 1 atom stereocenters. The van der Waals surface area contributed by atoms with Gasteiger partial charge in [-0.1, -0.05) is 0 Å². The summed E-state index contributed by atoms with van der Waals surface area (Å²) in [6.07, 6.45) is 3.76. The predicted octanol–water partition coefficient (Wildman–Crippen LogP) is 3.21. The second-order valence-corrected chi connectivity index (χ2v) is 6.62. The number of aliphatic carboxylic acids is 1. The average molecular weight is 417 g/mol. The van der Waals surface area contributed by atoms with Crippen molar-refractivity contribution in [2.24, 2.45) is 5.41 Å². The summed E-state index contributed by atoms with van der Waals surface area (Å²) < 4.78 is 33.5. The van der Waals surface area contributed by atoms with E-state index in [1.807, 2.05) is 18.5 Å². The molecule has 9 nitrogen and oxygen atoms in total. The number of fused-ring (bicyclic) bond motifs is 1. The van der Waals surface area contributed by atoms with Crippen LogP contribution in [0.2, 0.25) is 0 Å². The van der Waals surface area contributed by atoms with Crippen molar-refractivity contribution in [1.82, 2.24) is 24.7 Å². The Morgan fingerprint density at radius 1 is 1.37 bits per heavy atom. The topological polar surface area (TPSA) is 144 Å². The molecule has 0 aromatic carbocycles. The van der Waals surface area contributed by atoms with Crippen LogP contribution in [0.25, 0.3) is 22.3 Å². The van der Waals surface area contributed by atoms with Crippen molar-refractivity contribution in [3.05, 3.63) is 31.0 Å². The van der Waals surface area contributed by atoms with Crippen molar-refractivity contribution in [3.63, 3.8) is 0 Å². The smallest absolute Gasteiger partial charge is 0.475 e. The number of H-pyrrole nitrogens is 1. The summed E-state index contributed by atoms with van der Waals surface area (Å²) in [5.74, 6) is -2.76. The highest BCUT2D eigenvalue weighted by Crippen LogP contribution is 2.54. The van der Waals surface area contributed by atoms with E-state index in [0.29, 0.717) is 0 Å². The zero-order valence-electron chi connectivity index (χ0n) is 15.3. The summed E-state index contributed by atoms with van der Waals surface area (Å²) >= 11 is 0. The Morgan fingerprint density at radius 3 is 2.63 bits per heavy atom. The third-order valence-corrected chi connectivity index (χ3v) is 4.72. The highest BCUT2D eigenvalue weighted by atomic mass is 19.4. The molecule has 3 heterocycles. The molecule has 0 bridgehead atoms. The Hall–Kier alpha value is -3.93. The second kappa shape index (κ2) is 7.83. The highest BCUT2D eigenvalue weighted by Gasteiger charge is 2.51. The quantitative estimate of drug-likeness (QED) is 0.663. The number of carboxylic acid groups (broad SMARTS) is 1. The number of carboxylic acids is 1. The zero-order chi connectivity index (χ0) is 21.9. The van der Waals surface area contributed by atoms with Gasteiger partial charge in [0.1, 0.15) is 12.0 Å². The number of halogens is 3. The molecule has 3 aromatic heterocycles. The molecular formula is C18H14F3N7O2. The lowest BCUT2D eigenvalue weighted by atomic mass is 9.96. The van der Waals surface area contributed by atoms with Crippen molar-refractivity contribution >= 4 is 17.0 Å². The first kappa shape index (κ1) is 20.8. The molecule has 1 aliphatic rings. The Bertz CT molecular complexity index is 1150. The first-order valence-corrected chi connectivity index (χ1v) is 8.63. The van der Waals surface area contributed by atoms with Gasteiger partial charge in [0.2, 0.25) is 0 Å². The molecule has 1 fully saturated rings. The number of hydrogen-bond acceptors (Lipinski definition) is 6. The molecule has 0 saturated heterocycles. The van der Waals surface area contributed by atoms with Crippen molar-refractivity contribution in [2.75, 3.05) is 0 Å². The maximum atomic E-state index is 10.6. The number of nitrogens with zero attached hydrogens (tertiary/aromatic N) is 6. The normalized spacial score (nSPS) is 15.4. The van der Waals surface area contributed by atoms with Gasteiger partial charge in [-0.25, -0.2) is 14.8 Å². The van der Waals surface area contributed by atoms with E-state index in [2.05, 4.69) is 32.2 Å². The molecule has 30 heavy (non-hydrogen) atoms. The lowest BCUT2D eigenvalue weighted by Crippen LogP contribution is -2.21. The van der Waals surface area contributed by atoms with E-state index in [9.17, 15) is 18.4 Å². The molecule has 0 aliphatic heterocycles. The van der Waals surface area contributed by atoms with Gasteiger partial charge in [0.15, 0.2) is 0 Å². The average Bonchev–Trinajstić information content (AvgIpc) is 3.11. The van der Waals surface area contributed by atoms with Crippen molar-refractivity contribution in [1.29, 1.82) is 10.5 Å². The molecular weight excluding hydrogens is 403 g/mol. The van der Waals surface area contributed by atoms with Crippen LogP contribution in [-0.2, 0) is 4.79 Å². The van der Waals surface area contributed by atoms with E-state index < -0.39 is 17.6 Å². The standard InChI is InChI=1S/C16H13N7.C2HF3O2/c17-5-1-13(16(9-18)3-4-16)23-8-11(7-22-23)14-12-2-6-19-15(12)21-10-20-14;3-2(4,5)1(6)7/h2,6-8,10,13H,1,3-4H2,(H,19,20,21);(H,6,7). The molecule has 1 unspecified atom stereocenters. The number of aromatic nitrogens is 5. The van der Waals surface area contributed by atoms with Crippen molar-refractivity contribution in [3.8, 4) is 23.4 Å². The van der Waals surface area contributed by atoms with Crippen LogP contribution in [0.4, 0.5) is 13.2 Å². The highest BCUT2D eigenvalue weighted by molar-refractivity contribution is 5.89. The summed E-state index contributed by atoms with van der Waals surface area (Å²) in [5, 5.41) is 31.0. The third kappa shape index (κ3) is 4.07. The minimum Gasteiger partial charge on any atom is -0.475 e. The fourth-order valence-electron chi connectivity index (χ4n) is 3.02. The van der Waals surface area contributed by atoms with E-state index in [1.165, 1.54) is 6.33 Å². The van der Waals surface area contributed by atoms with E-state index in [-0.39, 0.29) is 12.5 Å². The van der Waals surface area contributed by atoms with E-state index in [0.717, 1.165) is 35.1 Å². The van der Waals surface area contributed by atoms with E-state index in [4.69, 9.17) is 15.2 Å². The van der Waals surface area contributed by atoms with Crippen LogP contribution in [0.3, 0.4) is 0 Å². The van der Waals surface area contributed by atoms with Gasteiger partial charge in [-0.05, 0) is 18.9 Å². The van der Waals surface area contributed by atoms with Crippen LogP contribution < -0.4 is 0 Å². The molecule has 2 N–H and O–H groups in total. The lowest BCUT2D eigenvalue weighted by molar-refractivity contribution is -0.192. The van der Waals surface area contributed by atoms with Gasteiger partial charge in [-0.2, -0.15) is 28.8 Å². The monoisotopic (exact) mass is 417 g/mol. The summed E-state index contributed by atoms with van der Waals surface area (Å²) in [7, 11) is 0.